The van der Waals surface area contributed by atoms with Crippen LogP contribution < -0.4 is 21.4 Å². The number of aromatic nitrogens is 3. The summed E-state index contributed by atoms with van der Waals surface area (Å²) in [6, 6.07) is 14.1. The number of rotatable bonds is 7. The molecule has 0 bridgehead atoms. The molecule has 0 aliphatic heterocycles. The van der Waals surface area contributed by atoms with E-state index in [0.717, 1.165) is 11.8 Å². The lowest BCUT2D eigenvalue weighted by Crippen LogP contribution is -2.42. The summed E-state index contributed by atoms with van der Waals surface area (Å²) in [5.41, 5.74) is 5.54. The van der Waals surface area contributed by atoms with Crippen LogP contribution in [0.25, 0.3) is 11.4 Å². The number of hydrazine groups is 1. The number of halogens is 2. The first-order valence-electron chi connectivity index (χ1n) is 8.47. The number of nitrogen functional groups attached to an aromatic ring is 1. The number of thioether (sulfide) groups is 1. The van der Waals surface area contributed by atoms with Gasteiger partial charge in [0.25, 0.3) is 5.91 Å². The molecular formula is C18H16F2N6O3S. The standard InChI is InChI=1S/C18H16F2N6O3S/c19-17(20)29-13-8-6-11(7-9-13)15-23-25-18(26(15)21)30-10-14(27)22-24-16(28)12-4-2-1-3-5-12/h1-9,17H,10,21H2,(H,22,27)(H,24,28). The highest BCUT2D eigenvalue weighted by atomic mass is 32.2. The van der Waals surface area contributed by atoms with E-state index in [1.54, 1.807) is 30.3 Å². The average Bonchev–Trinajstić information content (AvgIpc) is 3.11. The van der Waals surface area contributed by atoms with E-state index in [1.807, 2.05) is 0 Å². The third-order valence-electron chi connectivity index (χ3n) is 3.69. The average molecular weight is 434 g/mol. The van der Waals surface area contributed by atoms with Gasteiger partial charge in [-0.25, -0.2) is 4.68 Å². The summed E-state index contributed by atoms with van der Waals surface area (Å²) in [6.45, 7) is -2.92. The van der Waals surface area contributed by atoms with Crippen LogP contribution in [0.1, 0.15) is 10.4 Å². The predicted octanol–water partition coefficient (Wildman–Crippen LogP) is 1.81. The quantitative estimate of drug-likeness (QED) is 0.294. The maximum Gasteiger partial charge on any atom is 0.387 e. The zero-order chi connectivity index (χ0) is 21.5. The minimum absolute atomic E-state index is 0.000608. The Morgan fingerprint density at radius 1 is 1.07 bits per heavy atom. The predicted molar refractivity (Wildman–Crippen MR) is 105 cm³/mol. The number of nitrogens with zero attached hydrogens (tertiary/aromatic N) is 3. The van der Waals surface area contributed by atoms with Crippen LogP contribution in [0, 0.1) is 0 Å². The maximum atomic E-state index is 12.2. The zero-order valence-electron chi connectivity index (χ0n) is 15.3. The van der Waals surface area contributed by atoms with E-state index in [9.17, 15) is 18.4 Å². The highest BCUT2D eigenvalue weighted by Gasteiger charge is 2.15. The lowest BCUT2D eigenvalue weighted by Gasteiger charge is -2.07. The van der Waals surface area contributed by atoms with E-state index >= 15 is 0 Å². The molecule has 30 heavy (non-hydrogen) atoms. The van der Waals surface area contributed by atoms with Crippen molar-refractivity contribution in [3.05, 3.63) is 60.2 Å². The molecule has 0 spiro atoms. The van der Waals surface area contributed by atoms with Gasteiger partial charge in [0.1, 0.15) is 5.75 Å². The number of alkyl halides is 2. The van der Waals surface area contributed by atoms with Gasteiger partial charge in [-0.3, -0.25) is 20.4 Å². The van der Waals surface area contributed by atoms with Crippen molar-refractivity contribution in [1.29, 1.82) is 0 Å². The van der Waals surface area contributed by atoms with Crippen LogP contribution in [-0.2, 0) is 4.79 Å². The minimum Gasteiger partial charge on any atom is -0.435 e. The Bertz CT molecular complexity index is 1010. The van der Waals surface area contributed by atoms with Crippen molar-refractivity contribution in [1.82, 2.24) is 25.7 Å². The summed E-state index contributed by atoms with van der Waals surface area (Å²) < 4.78 is 29.9. The van der Waals surface area contributed by atoms with E-state index in [0.29, 0.717) is 11.1 Å². The van der Waals surface area contributed by atoms with Gasteiger partial charge >= 0.3 is 6.61 Å². The summed E-state index contributed by atoms with van der Waals surface area (Å²) >= 11 is 1.01. The number of nitrogens with one attached hydrogen (secondary N) is 2. The van der Waals surface area contributed by atoms with Crippen LogP contribution in [0.5, 0.6) is 5.75 Å². The van der Waals surface area contributed by atoms with Gasteiger partial charge in [-0.1, -0.05) is 30.0 Å². The molecule has 12 heteroatoms. The largest absolute Gasteiger partial charge is 0.435 e. The van der Waals surface area contributed by atoms with Crippen LogP contribution in [0.2, 0.25) is 0 Å². The minimum atomic E-state index is -2.92. The lowest BCUT2D eigenvalue weighted by atomic mass is 10.2. The van der Waals surface area contributed by atoms with Crippen LogP contribution in [0.15, 0.2) is 59.8 Å². The van der Waals surface area contributed by atoms with Gasteiger partial charge in [0, 0.05) is 11.1 Å². The van der Waals surface area contributed by atoms with Crippen molar-refractivity contribution in [3.63, 3.8) is 0 Å². The topological polar surface area (TPSA) is 124 Å². The monoisotopic (exact) mass is 434 g/mol. The first-order valence-corrected chi connectivity index (χ1v) is 9.45. The number of amides is 2. The number of hydrogen-bond donors (Lipinski definition) is 3. The third-order valence-corrected chi connectivity index (χ3v) is 4.63. The second-order valence-corrected chi connectivity index (χ2v) is 6.68. The Morgan fingerprint density at radius 2 is 1.77 bits per heavy atom. The second-order valence-electron chi connectivity index (χ2n) is 5.74. The van der Waals surface area contributed by atoms with E-state index in [1.165, 1.54) is 28.9 Å². The summed E-state index contributed by atoms with van der Waals surface area (Å²) in [6.07, 6.45) is 0. The van der Waals surface area contributed by atoms with Gasteiger partial charge < -0.3 is 10.6 Å². The Kier molecular flexibility index (Phi) is 6.80. The van der Waals surface area contributed by atoms with Crippen LogP contribution >= 0.6 is 11.8 Å². The zero-order valence-corrected chi connectivity index (χ0v) is 16.1. The van der Waals surface area contributed by atoms with Crippen LogP contribution in [0.3, 0.4) is 0 Å². The summed E-state index contributed by atoms with van der Waals surface area (Å²) in [4.78, 5) is 23.8. The number of benzene rings is 2. The number of nitrogens with two attached hydrogens (primary N) is 1. The van der Waals surface area contributed by atoms with E-state index in [4.69, 9.17) is 5.84 Å². The molecule has 0 saturated heterocycles. The van der Waals surface area contributed by atoms with Crippen LogP contribution in [0.4, 0.5) is 8.78 Å². The first kappa shape index (κ1) is 21.0. The Labute approximate surface area is 173 Å². The number of carbonyl (C=O) groups is 2. The van der Waals surface area contributed by atoms with Gasteiger partial charge in [-0.05, 0) is 36.4 Å². The van der Waals surface area contributed by atoms with Gasteiger partial charge in [0.05, 0.1) is 5.75 Å². The van der Waals surface area contributed by atoms with Gasteiger partial charge in [0.2, 0.25) is 11.1 Å². The maximum absolute atomic E-state index is 12.2. The van der Waals surface area contributed by atoms with Gasteiger partial charge in [-0.2, -0.15) is 8.78 Å². The number of ether oxygens (including phenoxy) is 1. The molecule has 2 amide bonds. The van der Waals surface area contributed by atoms with Crippen molar-refractivity contribution in [2.24, 2.45) is 0 Å². The molecule has 0 aliphatic carbocycles. The molecule has 156 valence electrons. The fraction of sp³-hybridized carbons (Fsp3) is 0.111. The van der Waals surface area contributed by atoms with E-state index in [-0.39, 0.29) is 22.5 Å². The van der Waals surface area contributed by atoms with Crippen molar-refractivity contribution in [2.75, 3.05) is 11.6 Å². The van der Waals surface area contributed by atoms with Crippen LogP contribution in [-0.4, -0.2) is 39.1 Å². The molecule has 9 nitrogen and oxygen atoms in total. The number of carbonyl (C=O) groups excluding carboxylic acids is 2. The molecule has 2 aromatic carbocycles. The molecule has 3 rings (SSSR count). The second kappa shape index (κ2) is 9.69. The molecule has 0 saturated carbocycles. The molecule has 1 aromatic heterocycles. The fourth-order valence-electron chi connectivity index (χ4n) is 2.31. The van der Waals surface area contributed by atoms with E-state index < -0.39 is 18.4 Å². The summed E-state index contributed by atoms with van der Waals surface area (Å²) in [7, 11) is 0. The normalized spacial score (nSPS) is 10.6. The summed E-state index contributed by atoms with van der Waals surface area (Å²) in [5, 5.41) is 8.11. The molecule has 0 unspecified atom stereocenters. The Hall–Kier alpha value is -3.67. The SMILES string of the molecule is Nn1c(SCC(=O)NNC(=O)c2ccccc2)nnc1-c1ccc(OC(F)F)cc1. The van der Waals surface area contributed by atoms with Crippen molar-refractivity contribution in [2.45, 2.75) is 11.8 Å². The van der Waals surface area contributed by atoms with Gasteiger partial charge in [0.15, 0.2) is 5.82 Å². The molecule has 3 aromatic rings. The molecule has 4 N–H and O–H groups in total. The molecule has 1 heterocycles. The highest BCUT2D eigenvalue weighted by molar-refractivity contribution is 7.99. The lowest BCUT2D eigenvalue weighted by molar-refractivity contribution is -0.119. The smallest absolute Gasteiger partial charge is 0.387 e. The molecular weight excluding hydrogens is 418 g/mol. The van der Waals surface area contributed by atoms with Crippen molar-refractivity contribution >= 4 is 23.6 Å². The Morgan fingerprint density at radius 3 is 2.43 bits per heavy atom. The summed E-state index contributed by atoms with van der Waals surface area (Å²) in [5.74, 6) is 5.24. The molecule has 0 radical (unpaired) electrons. The highest BCUT2D eigenvalue weighted by Crippen LogP contribution is 2.24. The van der Waals surface area contributed by atoms with Gasteiger partial charge in [-0.15, -0.1) is 10.2 Å². The third kappa shape index (κ3) is 5.44. The molecule has 0 aliphatic rings. The van der Waals surface area contributed by atoms with Crippen molar-refractivity contribution < 1.29 is 23.1 Å². The Balaban J connectivity index is 1.53. The molecule has 0 atom stereocenters. The van der Waals surface area contributed by atoms with E-state index in [2.05, 4.69) is 25.8 Å². The van der Waals surface area contributed by atoms with Crippen molar-refractivity contribution in [3.8, 4) is 17.1 Å². The fourth-order valence-corrected chi connectivity index (χ4v) is 2.97. The number of hydrogen-bond acceptors (Lipinski definition) is 7. The molecule has 0 fully saturated rings. The first-order chi connectivity index (χ1) is 14.4.